The first kappa shape index (κ1) is 12.5. The van der Waals surface area contributed by atoms with Crippen LogP contribution < -0.4 is 0 Å². The maximum atomic E-state index is 11.1. The molecular weight excluding hydrogens is 188 g/mol. The third-order valence-electron chi connectivity index (χ3n) is 3.48. The maximum Gasteiger partial charge on any atom is 0.302 e. The fourth-order valence-electron chi connectivity index (χ4n) is 2.66. The Kier molecular flexibility index (Phi) is 3.80. The second kappa shape index (κ2) is 4.54. The molecule has 0 bridgehead atoms. The fraction of sp³-hybridized carbons (Fsp3) is 0.923. The number of hydrogen-bond donors (Lipinski definition) is 0. The van der Waals surface area contributed by atoms with E-state index in [2.05, 4.69) is 27.7 Å². The van der Waals surface area contributed by atoms with Crippen molar-refractivity contribution < 1.29 is 9.53 Å². The Morgan fingerprint density at radius 3 is 2.33 bits per heavy atom. The number of carbonyl (C=O) groups is 1. The highest BCUT2D eigenvalue weighted by Crippen LogP contribution is 2.41. The normalized spacial score (nSPS) is 32.5. The van der Waals surface area contributed by atoms with Gasteiger partial charge in [-0.3, -0.25) is 4.79 Å². The Labute approximate surface area is 93.4 Å². The smallest absolute Gasteiger partial charge is 0.302 e. The van der Waals surface area contributed by atoms with Crippen LogP contribution in [0.2, 0.25) is 0 Å². The first-order valence-corrected chi connectivity index (χ1v) is 5.98. The summed E-state index contributed by atoms with van der Waals surface area (Å²) < 4.78 is 5.46. The summed E-state index contributed by atoms with van der Waals surface area (Å²) in [6.45, 7) is 10.5. The van der Waals surface area contributed by atoms with Gasteiger partial charge in [0.15, 0.2) is 0 Å². The number of ether oxygens (including phenoxy) is 1. The van der Waals surface area contributed by atoms with Gasteiger partial charge in [-0.05, 0) is 24.2 Å². The van der Waals surface area contributed by atoms with Crippen molar-refractivity contribution in [3.05, 3.63) is 0 Å². The van der Waals surface area contributed by atoms with Gasteiger partial charge < -0.3 is 4.74 Å². The molecule has 0 radical (unpaired) electrons. The predicted molar refractivity (Wildman–Crippen MR) is 61.5 cm³/mol. The van der Waals surface area contributed by atoms with Crippen LogP contribution in [0.25, 0.3) is 0 Å². The van der Waals surface area contributed by atoms with Gasteiger partial charge in [0.05, 0.1) is 0 Å². The van der Waals surface area contributed by atoms with Gasteiger partial charge in [-0.1, -0.05) is 34.1 Å². The molecule has 0 aromatic carbocycles. The van der Waals surface area contributed by atoms with Crippen LogP contribution in [0.15, 0.2) is 0 Å². The van der Waals surface area contributed by atoms with Crippen molar-refractivity contribution in [2.45, 2.75) is 60.0 Å². The second-order valence-corrected chi connectivity index (χ2v) is 6.04. The molecule has 0 amide bonds. The van der Waals surface area contributed by atoms with Gasteiger partial charge in [0, 0.05) is 12.8 Å². The quantitative estimate of drug-likeness (QED) is 0.623. The zero-order valence-electron chi connectivity index (χ0n) is 10.7. The van der Waals surface area contributed by atoms with Gasteiger partial charge in [0.25, 0.3) is 0 Å². The van der Waals surface area contributed by atoms with Crippen LogP contribution in [0.4, 0.5) is 0 Å². The van der Waals surface area contributed by atoms with Gasteiger partial charge in [-0.25, -0.2) is 0 Å². The lowest BCUT2D eigenvalue weighted by Gasteiger charge is -2.41. The van der Waals surface area contributed by atoms with Crippen LogP contribution in [-0.2, 0) is 9.53 Å². The lowest BCUT2D eigenvalue weighted by Crippen LogP contribution is -2.39. The molecule has 0 aliphatic heterocycles. The van der Waals surface area contributed by atoms with Crippen molar-refractivity contribution in [1.29, 1.82) is 0 Å². The number of carbonyl (C=O) groups excluding carboxylic acids is 1. The summed E-state index contributed by atoms with van der Waals surface area (Å²) in [5.74, 6) is 1.06. The summed E-state index contributed by atoms with van der Waals surface area (Å²) in [6, 6.07) is 0. The van der Waals surface area contributed by atoms with Crippen molar-refractivity contribution in [1.82, 2.24) is 0 Å². The highest BCUT2D eigenvalue weighted by molar-refractivity contribution is 5.66. The van der Waals surface area contributed by atoms with Gasteiger partial charge in [-0.15, -0.1) is 0 Å². The Hall–Kier alpha value is -0.530. The molecule has 0 aromatic rings. The molecule has 0 aromatic heterocycles. The summed E-state index contributed by atoms with van der Waals surface area (Å²) in [6.07, 6.45) is 3.61. The van der Waals surface area contributed by atoms with E-state index in [-0.39, 0.29) is 17.5 Å². The Morgan fingerprint density at radius 1 is 1.27 bits per heavy atom. The molecule has 1 fully saturated rings. The molecule has 1 aliphatic rings. The lowest BCUT2D eigenvalue weighted by molar-refractivity contribution is -0.155. The van der Waals surface area contributed by atoms with Gasteiger partial charge >= 0.3 is 5.97 Å². The van der Waals surface area contributed by atoms with Crippen molar-refractivity contribution in [3.8, 4) is 0 Å². The summed E-state index contributed by atoms with van der Waals surface area (Å²) in [7, 11) is 0. The third-order valence-corrected chi connectivity index (χ3v) is 3.48. The third kappa shape index (κ3) is 3.51. The van der Waals surface area contributed by atoms with Crippen molar-refractivity contribution in [2.75, 3.05) is 0 Å². The van der Waals surface area contributed by atoms with Crippen LogP contribution in [0.1, 0.15) is 53.9 Å². The largest absolute Gasteiger partial charge is 0.462 e. The van der Waals surface area contributed by atoms with E-state index in [9.17, 15) is 4.79 Å². The van der Waals surface area contributed by atoms with E-state index in [0.29, 0.717) is 11.8 Å². The molecule has 2 heteroatoms. The van der Waals surface area contributed by atoms with E-state index in [1.165, 1.54) is 19.8 Å². The van der Waals surface area contributed by atoms with Crippen molar-refractivity contribution >= 4 is 5.97 Å². The molecule has 0 spiro atoms. The van der Waals surface area contributed by atoms with Gasteiger partial charge in [-0.2, -0.15) is 0 Å². The number of rotatable bonds is 1. The number of esters is 1. The SMILES string of the molecule is CC(=O)OC1CC(C)CC[C@H]1C(C)(C)C. The molecule has 2 nitrogen and oxygen atoms in total. The van der Waals surface area contributed by atoms with E-state index < -0.39 is 0 Å². The predicted octanol–water partition coefficient (Wildman–Crippen LogP) is 3.40. The molecular formula is C13H24O2. The zero-order chi connectivity index (χ0) is 11.6. The van der Waals surface area contributed by atoms with Crippen LogP contribution >= 0.6 is 0 Å². The lowest BCUT2D eigenvalue weighted by atomic mass is 9.68. The average Bonchev–Trinajstić information content (AvgIpc) is 1.99. The standard InChI is InChI=1S/C13H24O2/c1-9-6-7-11(13(3,4)5)12(8-9)15-10(2)14/h9,11-12H,6-8H2,1-5H3/t9?,11-,12?/m1/s1. The molecule has 0 N–H and O–H groups in total. The first-order valence-electron chi connectivity index (χ1n) is 5.98. The van der Waals surface area contributed by atoms with E-state index >= 15 is 0 Å². The molecule has 0 heterocycles. The molecule has 1 aliphatic carbocycles. The minimum Gasteiger partial charge on any atom is -0.462 e. The molecule has 1 rings (SSSR count). The van der Waals surface area contributed by atoms with E-state index in [1.54, 1.807) is 0 Å². The Morgan fingerprint density at radius 2 is 1.87 bits per heavy atom. The minimum atomic E-state index is -0.136. The Bertz CT molecular complexity index is 227. The van der Waals surface area contributed by atoms with Crippen LogP contribution in [0, 0.1) is 17.3 Å². The highest BCUT2D eigenvalue weighted by atomic mass is 16.5. The summed E-state index contributed by atoms with van der Waals surface area (Å²) in [4.78, 5) is 11.1. The number of hydrogen-bond acceptors (Lipinski definition) is 2. The zero-order valence-corrected chi connectivity index (χ0v) is 10.7. The first-order chi connectivity index (χ1) is 6.80. The van der Waals surface area contributed by atoms with Crippen LogP contribution in [-0.4, -0.2) is 12.1 Å². The van der Waals surface area contributed by atoms with Crippen molar-refractivity contribution in [2.24, 2.45) is 17.3 Å². The van der Waals surface area contributed by atoms with E-state index in [0.717, 1.165) is 6.42 Å². The van der Waals surface area contributed by atoms with E-state index in [1.807, 2.05) is 0 Å². The monoisotopic (exact) mass is 212 g/mol. The Balaban J connectivity index is 2.70. The van der Waals surface area contributed by atoms with Crippen molar-refractivity contribution in [3.63, 3.8) is 0 Å². The minimum absolute atomic E-state index is 0.131. The molecule has 1 saturated carbocycles. The summed E-state index contributed by atoms with van der Waals surface area (Å²) in [5, 5.41) is 0. The summed E-state index contributed by atoms with van der Waals surface area (Å²) >= 11 is 0. The topological polar surface area (TPSA) is 26.3 Å². The van der Waals surface area contributed by atoms with E-state index in [4.69, 9.17) is 4.74 Å². The highest BCUT2D eigenvalue weighted by Gasteiger charge is 2.37. The van der Waals surface area contributed by atoms with Crippen LogP contribution in [0.5, 0.6) is 0 Å². The maximum absolute atomic E-state index is 11.1. The fourth-order valence-corrected chi connectivity index (χ4v) is 2.66. The molecule has 88 valence electrons. The summed E-state index contributed by atoms with van der Waals surface area (Å²) in [5.41, 5.74) is 0.236. The van der Waals surface area contributed by atoms with Crippen LogP contribution in [0.3, 0.4) is 0 Å². The molecule has 0 saturated heterocycles. The molecule has 3 atom stereocenters. The molecule has 15 heavy (non-hydrogen) atoms. The second-order valence-electron chi connectivity index (χ2n) is 6.04. The average molecular weight is 212 g/mol. The van der Waals surface area contributed by atoms with Gasteiger partial charge in [0.1, 0.15) is 6.10 Å². The van der Waals surface area contributed by atoms with Gasteiger partial charge in [0.2, 0.25) is 0 Å². The molecule has 2 unspecified atom stereocenters.